The Morgan fingerprint density at radius 2 is 1.29 bits per heavy atom. The second-order valence-corrected chi connectivity index (χ2v) is 10.1. The van der Waals surface area contributed by atoms with Gasteiger partial charge < -0.3 is 5.11 Å². The van der Waals surface area contributed by atoms with Gasteiger partial charge in [-0.15, -0.1) is 0 Å². The Kier molecular flexibility index (Phi) is 7.00. The lowest BCUT2D eigenvalue weighted by molar-refractivity contribution is -0.376. The van der Waals surface area contributed by atoms with Gasteiger partial charge in [0.25, 0.3) is 5.60 Å². The van der Waals surface area contributed by atoms with Gasteiger partial charge in [0.2, 0.25) is 0 Å². The Balaban J connectivity index is 1.23. The van der Waals surface area contributed by atoms with Gasteiger partial charge in [-0.05, 0) is 47.2 Å². The van der Waals surface area contributed by atoms with E-state index in [1.165, 1.54) is 12.0 Å². The number of benzene rings is 2. The van der Waals surface area contributed by atoms with Crippen LogP contribution >= 0.6 is 0 Å². The van der Waals surface area contributed by atoms with Crippen molar-refractivity contribution in [2.75, 3.05) is 13.1 Å². The number of alkyl halides is 6. The van der Waals surface area contributed by atoms with Gasteiger partial charge in [0.1, 0.15) is 0 Å². The zero-order valence-electron chi connectivity index (χ0n) is 20.4. The molecule has 0 radical (unpaired) electrons. The van der Waals surface area contributed by atoms with E-state index in [0.29, 0.717) is 35.3 Å². The molecule has 3 fully saturated rings. The maximum absolute atomic E-state index is 13.1. The summed E-state index contributed by atoms with van der Waals surface area (Å²) >= 11 is 0. The zero-order valence-corrected chi connectivity index (χ0v) is 20.4. The Bertz CT molecular complexity index is 1210. The SMILES string of the molecule is OC(c1ccc(-c2ccc(CN3CCC4CC(C3)N4Cc3ccncc3)cc2)cc1)(C(F)(F)F)C(F)(F)F. The number of nitrogens with zero attached hydrogens (tertiary/aromatic N) is 3. The van der Waals surface area contributed by atoms with Crippen LogP contribution in [0.1, 0.15) is 29.5 Å². The summed E-state index contributed by atoms with van der Waals surface area (Å²) in [5.41, 5.74) is -2.75. The summed E-state index contributed by atoms with van der Waals surface area (Å²) in [4.78, 5) is 9.07. The molecule has 2 bridgehead atoms. The molecule has 3 aliphatic rings. The third-order valence-electron chi connectivity index (χ3n) is 7.66. The van der Waals surface area contributed by atoms with E-state index in [-0.39, 0.29) is 0 Å². The Labute approximate surface area is 216 Å². The number of aromatic nitrogens is 1. The van der Waals surface area contributed by atoms with Crippen molar-refractivity contribution in [1.29, 1.82) is 0 Å². The predicted molar refractivity (Wildman–Crippen MR) is 130 cm³/mol. The van der Waals surface area contributed by atoms with Crippen molar-refractivity contribution in [3.8, 4) is 11.1 Å². The van der Waals surface area contributed by atoms with Crippen molar-refractivity contribution in [1.82, 2.24) is 14.8 Å². The van der Waals surface area contributed by atoms with Crippen molar-refractivity contribution < 1.29 is 31.4 Å². The Morgan fingerprint density at radius 3 is 1.87 bits per heavy atom. The average molecular weight is 536 g/mol. The molecule has 0 saturated carbocycles. The van der Waals surface area contributed by atoms with Crippen LogP contribution < -0.4 is 0 Å². The number of pyridine rings is 1. The van der Waals surface area contributed by atoms with E-state index < -0.39 is 23.5 Å². The highest BCUT2D eigenvalue weighted by atomic mass is 19.4. The molecule has 10 heteroatoms. The molecule has 3 aliphatic heterocycles. The van der Waals surface area contributed by atoms with E-state index in [0.717, 1.165) is 50.3 Å². The number of hydrogen-bond donors (Lipinski definition) is 1. The molecule has 2 unspecified atom stereocenters. The molecule has 1 N–H and O–H groups in total. The zero-order chi connectivity index (χ0) is 27.1. The number of rotatable bonds is 6. The largest absolute Gasteiger partial charge is 0.430 e. The normalized spacial score (nSPS) is 21.1. The summed E-state index contributed by atoms with van der Waals surface area (Å²) < 4.78 is 78.8. The quantitative estimate of drug-likeness (QED) is 0.399. The van der Waals surface area contributed by atoms with Gasteiger partial charge in [-0.3, -0.25) is 14.8 Å². The number of fused-ring (bicyclic) bond motifs is 3. The van der Waals surface area contributed by atoms with Crippen LogP contribution in [-0.2, 0) is 18.7 Å². The van der Waals surface area contributed by atoms with Crippen molar-refractivity contribution in [2.24, 2.45) is 0 Å². The van der Waals surface area contributed by atoms with Crippen LogP contribution in [0.5, 0.6) is 0 Å². The maximum atomic E-state index is 13.1. The third kappa shape index (κ3) is 5.04. The lowest BCUT2D eigenvalue weighted by Gasteiger charge is -2.47. The maximum Gasteiger partial charge on any atom is 0.430 e. The standard InChI is InChI=1S/C28H27F6N3O/c29-27(30,31)26(38,28(32,33)34)23-7-5-22(6-8-23)21-3-1-19(2-4-21)16-36-14-11-24-15-25(18-36)37(24)17-20-9-12-35-13-10-20/h1-10,12-13,24-25,38H,11,14-18H2. The first kappa shape index (κ1) is 26.6. The molecule has 3 saturated heterocycles. The van der Waals surface area contributed by atoms with Gasteiger partial charge in [0.15, 0.2) is 0 Å². The van der Waals surface area contributed by atoms with Crippen molar-refractivity contribution in [2.45, 2.75) is 56.0 Å². The minimum Gasteiger partial charge on any atom is -0.369 e. The first-order valence-electron chi connectivity index (χ1n) is 12.4. The molecular weight excluding hydrogens is 508 g/mol. The minimum absolute atomic E-state index is 0.453. The van der Waals surface area contributed by atoms with Crippen LogP contribution in [0.4, 0.5) is 26.3 Å². The van der Waals surface area contributed by atoms with Crippen LogP contribution in [0.15, 0.2) is 73.1 Å². The molecule has 4 heterocycles. The van der Waals surface area contributed by atoms with Gasteiger partial charge in [-0.25, -0.2) is 0 Å². The number of hydrogen-bond acceptors (Lipinski definition) is 4. The van der Waals surface area contributed by atoms with Gasteiger partial charge in [-0.2, -0.15) is 26.3 Å². The first-order valence-corrected chi connectivity index (χ1v) is 12.4. The topological polar surface area (TPSA) is 39.6 Å². The molecule has 2 aromatic carbocycles. The highest BCUT2D eigenvalue weighted by Gasteiger charge is 2.71. The second kappa shape index (κ2) is 9.98. The van der Waals surface area contributed by atoms with E-state index in [4.69, 9.17) is 0 Å². The van der Waals surface area contributed by atoms with Crippen molar-refractivity contribution in [3.05, 3.63) is 89.7 Å². The van der Waals surface area contributed by atoms with E-state index >= 15 is 0 Å². The summed E-state index contributed by atoms with van der Waals surface area (Å²) in [6, 6.07) is 16.3. The number of halogens is 6. The van der Waals surface area contributed by atoms with E-state index in [9.17, 15) is 31.4 Å². The summed E-state index contributed by atoms with van der Waals surface area (Å²) in [7, 11) is 0. The lowest BCUT2D eigenvalue weighted by atomic mass is 9.90. The fourth-order valence-electron chi connectivity index (χ4n) is 5.48. The van der Waals surface area contributed by atoms with Crippen LogP contribution in [0.3, 0.4) is 0 Å². The molecule has 3 aromatic rings. The first-order chi connectivity index (χ1) is 18.0. The minimum atomic E-state index is -5.90. The molecule has 6 rings (SSSR count). The average Bonchev–Trinajstić information content (AvgIpc) is 3.19. The van der Waals surface area contributed by atoms with Gasteiger partial charge in [-0.1, -0.05) is 48.5 Å². The number of aliphatic hydroxyl groups is 1. The molecule has 38 heavy (non-hydrogen) atoms. The van der Waals surface area contributed by atoms with Crippen LogP contribution in [0, 0.1) is 0 Å². The second-order valence-electron chi connectivity index (χ2n) is 10.1. The smallest absolute Gasteiger partial charge is 0.369 e. The summed E-state index contributed by atoms with van der Waals surface area (Å²) in [5, 5.41) is 9.58. The molecule has 4 nitrogen and oxygen atoms in total. The highest BCUT2D eigenvalue weighted by molar-refractivity contribution is 5.64. The third-order valence-corrected chi connectivity index (χ3v) is 7.66. The fraction of sp³-hybridized carbons (Fsp3) is 0.393. The van der Waals surface area contributed by atoms with E-state index in [1.807, 2.05) is 36.7 Å². The highest BCUT2D eigenvalue weighted by Crippen LogP contribution is 2.50. The molecule has 2 atom stereocenters. The fourth-order valence-corrected chi connectivity index (χ4v) is 5.48. The lowest BCUT2D eigenvalue weighted by Crippen LogP contribution is -2.56. The molecule has 0 amide bonds. The summed E-state index contributed by atoms with van der Waals surface area (Å²) in [6.07, 6.45) is -5.90. The Hall–Kier alpha value is -2.95. The van der Waals surface area contributed by atoms with Gasteiger partial charge >= 0.3 is 12.4 Å². The van der Waals surface area contributed by atoms with Gasteiger partial charge in [0, 0.05) is 56.2 Å². The van der Waals surface area contributed by atoms with Crippen LogP contribution in [-0.4, -0.2) is 57.4 Å². The van der Waals surface area contributed by atoms with Crippen molar-refractivity contribution >= 4 is 0 Å². The van der Waals surface area contributed by atoms with Crippen LogP contribution in [0.25, 0.3) is 11.1 Å². The molecule has 202 valence electrons. The van der Waals surface area contributed by atoms with E-state index in [2.05, 4.69) is 14.8 Å². The molecule has 0 spiro atoms. The molecule has 0 aliphatic carbocycles. The summed E-state index contributed by atoms with van der Waals surface area (Å²) in [5.74, 6) is 0. The predicted octanol–water partition coefficient (Wildman–Crippen LogP) is 5.91. The Morgan fingerprint density at radius 1 is 0.737 bits per heavy atom. The van der Waals surface area contributed by atoms with E-state index in [1.54, 1.807) is 12.1 Å². The monoisotopic (exact) mass is 535 g/mol. The van der Waals surface area contributed by atoms with Crippen molar-refractivity contribution in [3.63, 3.8) is 0 Å². The molecule has 1 aromatic heterocycles. The molecular formula is C28H27F6N3O. The summed E-state index contributed by atoms with van der Waals surface area (Å²) in [6.45, 7) is 3.63. The van der Waals surface area contributed by atoms with Crippen LogP contribution in [0.2, 0.25) is 0 Å². The van der Waals surface area contributed by atoms with Gasteiger partial charge in [0.05, 0.1) is 0 Å².